The highest BCUT2D eigenvalue weighted by atomic mass is 16.5. The molecule has 5 nitrogen and oxygen atoms in total. The third-order valence-corrected chi connectivity index (χ3v) is 4.38. The van der Waals surface area contributed by atoms with Crippen molar-refractivity contribution in [1.82, 2.24) is 9.80 Å². The zero-order valence-corrected chi connectivity index (χ0v) is 12.5. The molecule has 0 aliphatic carbocycles. The molecule has 0 aromatic rings. The summed E-state index contributed by atoms with van der Waals surface area (Å²) in [6, 6.07) is 0. The second kappa shape index (κ2) is 7.62. The lowest BCUT2D eigenvalue weighted by atomic mass is 9.95. The summed E-state index contributed by atoms with van der Waals surface area (Å²) in [5.41, 5.74) is 0. The van der Waals surface area contributed by atoms with Crippen LogP contribution in [0.25, 0.3) is 0 Å². The van der Waals surface area contributed by atoms with Crippen LogP contribution >= 0.6 is 0 Å². The second-order valence-corrected chi connectivity index (χ2v) is 5.83. The van der Waals surface area contributed by atoms with Gasteiger partial charge in [0.15, 0.2) is 0 Å². The second-order valence-electron chi connectivity index (χ2n) is 5.83. The molecule has 114 valence electrons. The number of rotatable bonds is 3. The minimum atomic E-state index is 0.0353. The van der Waals surface area contributed by atoms with E-state index in [0.717, 1.165) is 38.8 Å². The molecule has 2 aliphatic heterocycles. The van der Waals surface area contributed by atoms with Gasteiger partial charge < -0.3 is 14.5 Å². The number of nitrogens with zero attached hydrogens (tertiary/aromatic N) is 2. The minimum Gasteiger partial charge on any atom is -0.375 e. The molecule has 0 unspecified atom stereocenters. The van der Waals surface area contributed by atoms with Gasteiger partial charge in [0.1, 0.15) is 6.61 Å². The molecule has 20 heavy (non-hydrogen) atoms. The third kappa shape index (κ3) is 3.95. The summed E-state index contributed by atoms with van der Waals surface area (Å²) in [6.07, 6.45) is 6.35. The fourth-order valence-electron chi connectivity index (χ4n) is 3.14. The minimum absolute atomic E-state index is 0.0353. The Hall–Kier alpha value is -1.10. The number of hydrogen-bond donors (Lipinski definition) is 0. The number of carbonyl (C=O) groups is 2. The zero-order valence-electron chi connectivity index (χ0n) is 12.5. The summed E-state index contributed by atoms with van der Waals surface area (Å²) < 4.78 is 4.87. The molecule has 2 aliphatic rings. The molecule has 0 N–H and O–H groups in total. The molecule has 2 amide bonds. The summed E-state index contributed by atoms with van der Waals surface area (Å²) in [4.78, 5) is 28.1. The molecule has 0 bridgehead atoms. The summed E-state index contributed by atoms with van der Waals surface area (Å²) in [5, 5.41) is 0. The third-order valence-electron chi connectivity index (χ3n) is 4.38. The Morgan fingerprint density at radius 3 is 2.10 bits per heavy atom. The molecule has 2 fully saturated rings. The summed E-state index contributed by atoms with van der Waals surface area (Å²) in [6.45, 7) is 3.35. The highest BCUT2D eigenvalue weighted by Crippen LogP contribution is 2.21. The van der Waals surface area contributed by atoms with Gasteiger partial charge in [0.05, 0.1) is 0 Å². The molecule has 5 heteroatoms. The van der Waals surface area contributed by atoms with Gasteiger partial charge in [0.25, 0.3) is 0 Å². The van der Waals surface area contributed by atoms with Crippen LogP contribution in [0.2, 0.25) is 0 Å². The van der Waals surface area contributed by atoms with Crippen molar-refractivity contribution in [2.24, 2.45) is 5.92 Å². The first-order valence-electron chi connectivity index (χ1n) is 7.78. The van der Waals surface area contributed by atoms with Gasteiger partial charge in [-0.1, -0.05) is 12.8 Å². The van der Waals surface area contributed by atoms with Crippen LogP contribution in [0.5, 0.6) is 0 Å². The Morgan fingerprint density at radius 2 is 1.55 bits per heavy atom. The van der Waals surface area contributed by atoms with Crippen LogP contribution in [0.3, 0.4) is 0 Å². The van der Waals surface area contributed by atoms with Crippen molar-refractivity contribution in [2.45, 2.75) is 38.5 Å². The van der Waals surface area contributed by atoms with Crippen LogP contribution in [0, 0.1) is 5.92 Å². The van der Waals surface area contributed by atoms with Crippen LogP contribution < -0.4 is 0 Å². The van der Waals surface area contributed by atoms with E-state index >= 15 is 0 Å². The monoisotopic (exact) mass is 282 g/mol. The van der Waals surface area contributed by atoms with E-state index in [1.807, 2.05) is 9.80 Å². The standard InChI is InChI=1S/C15H26N2O3/c1-20-12-14(18)16-10-6-13(7-11-16)15(19)17-8-4-2-3-5-9-17/h13H,2-12H2,1H3. The average Bonchev–Trinajstić information content (AvgIpc) is 2.76. The van der Waals surface area contributed by atoms with Gasteiger partial charge in [-0.25, -0.2) is 0 Å². The average molecular weight is 282 g/mol. The van der Waals surface area contributed by atoms with Gasteiger partial charge in [0.2, 0.25) is 11.8 Å². The van der Waals surface area contributed by atoms with Crippen molar-refractivity contribution < 1.29 is 14.3 Å². The normalized spacial score (nSPS) is 21.6. The molecule has 0 aromatic heterocycles. The molecule has 2 rings (SSSR count). The van der Waals surface area contributed by atoms with Crippen molar-refractivity contribution in [2.75, 3.05) is 39.9 Å². The quantitative estimate of drug-likeness (QED) is 0.783. The molecule has 0 aromatic carbocycles. The van der Waals surface area contributed by atoms with Gasteiger partial charge in [-0.2, -0.15) is 0 Å². The Balaban J connectivity index is 1.80. The number of piperidine rings is 1. The zero-order chi connectivity index (χ0) is 14.4. The highest BCUT2D eigenvalue weighted by Gasteiger charge is 2.30. The maximum absolute atomic E-state index is 12.5. The number of carbonyl (C=O) groups excluding carboxylic acids is 2. The van der Waals surface area contributed by atoms with Crippen molar-refractivity contribution >= 4 is 11.8 Å². The smallest absolute Gasteiger partial charge is 0.248 e. The Bertz CT molecular complexity index is 330. The number of likely N-dealkylation sites (tertiary alicyclic amines) is 2. The predicted molar refractivity (Wildman–Crippen MR) is 76.2 cm³/mol. The van der Waals surface area contributed by atoms with E-state index < -0.39 is 0 Å². The SMILES string of the molecule is COCC(=O)N1CCC(C(=O)N2CCCCCC2)CC1. The van der Waals surface area contributed by atoms with Crippen LogP contribution in [0.4, 0.5) is 0 Å². The fourth-order valence-corrected chi connectivity index (χ4v) is 3.14. The van der Waals surface area contributed by atoms with Gasteiger partial charge in [-0.3, -0.25) is 9.59 Å². The highest BCUT2D eigenvalue weighted by molar-refractivity contribution is 5.80. The Morgan fingerprint density at radius 1 is 0.950 bits per heavy atom. The number of amides is 2. The first-order valence-corrected chi connectivity index (χ1v) is 7.78. The molecule has 0 radical (unpaired) electrons. The van der Waals surface area contributed by atoms with Gasteiger partial charge in [-0.15, -0.1) is 0 Å². The predicted octanol–water partition coefficient (Wildman–Crippen LogP) is 1.27. The van der Waals surface area contributed by atoms with Crippen molar-refractivity contribution in [3.8, 4) is 0 Å². The number of hydrogen-bond acceptors (Lipinski definition) is 3. The van der Waals surface area contributed by atoms with E-state index in [1.165, 1.54) is 20.0 Å². The topological polar surface area (TPSA) is 49.9 Å². The van der Waals surface area contributed by atoms with Gasteiger partial charge in [0, 0.05) is 39.2 Å². The molecule has 0 atom stereocenters. The maximum atomic E-state index is 12.5. The van der Waals surface area contributed by atoms with Crippen molar-refractivity contribution in [3.05, 3.63) is 0 Å². The Labute approximate surface area is 121 Å². The Kier molecular flexibility index (Phi) is 5.83. The van der Waals surface area contributed by atoms with Gasteiger partial charge >= 0.3 is 0 Å². The van der Waals surface area contributed by atoms with E-state index in [0.29, 0.717) is 19.0 Å². The van der Waals surface area contributed by atoms with Crippen molar-refractivity contribution in [1.29, 1.82) is 0 Å². The first-order chi connectivity index (χ1) is 9.72. The fraction of sp³-hybridized carbons (Fsp3) is 0.867. The summed E-state index contributed by atoms with van der Waals surface area (Å²) in [5.74, 6) is 0.457. The molecule has 2 heterocycles. The van der Waals surface area contributed by atoms with Crippen molar-refractivity contribution in [3.63, 3.8) is 0 Å². The molecule has 0 saturated carbocycles. The number of methoxy groups -OCH3 is 1. The maximum Gasteiger partial charge on any atom is 0.248 e. The van der Waals surface area contributed by atoms with E-state index in [1.54, 1.807) is 0 Å². The molecular formula is C15H26N2O3. The lowest BCUT2D eigenvalue weighted by Crippen LogP contribution is -2.45. The summed E-state index contributed by atoms with van der Waals surface area (Å²) in [7, 11) is 1.54. The largest absolute Gasteiger partial charge is 0.375 e. The van der Waals surface area contributed by atoms with Crippen LogP contribution in [-0.2, 0) is 14.3 Å². The first kappa shape index (κ1) is 15.3. The van der Waals surface area contributed by atoms with E-state index in [-0.39, 0.29) is 18.4 Å². The van der Waals surface area contributed by atoms with E-state index in [2.05, 4.69) is 0 Å². The van der Waals surface area contributed by atoms with E-state index in [4.69, 9.17) is 4.74 Å². The summed E-state index contributed by atoms with van der Waals surface area (Å²) >= 11 is 0. The van der Waals surface area contributed by atoms with Crippen LogP contribution in [-0.4, -0.2) is 61.5 Å². The number of ether oxygens (including phenoxy) is 1. The molecular weight excluding hydrogens is 256 g/mol. The van der Waals surface area contributed by atoms with Crippen LogP contribution in [0.1, 0.15) is 38.5 Å². The molecule has 0 spiro atoms. The lowest BCUT2D eigenvalue weighted by molar-refractivity contribution is -0.142. The molecule has 2 saturated heterocycles. The van der Waals surface area contributed by atoms with Gasteiger partial charge in [-0.05, 0) is 25.7 Å². The van der Waals surface area contributed by atoms with E-state index in [9.17, 15) is 9.59 Å². The lowest BCUT2D eigenvalue weighted by Gasteiger charge is -2.34. The van der Waals surface area contributed by atoms with Crippen LogP contribution in [0.15, 0.2) is 0 Å².